The van der Waals surface area contributed by atoms with Crippen LogP contribution in [0.15, 0.2) is 0 Å². The van der Waals surface area contributed by atoms with Crippen molar-refractivity contribution in [3.63, 3.8) is 0 Å². The Morgan fingerprint density at radius 1 is 1.54 bits per heavy atom. The van der Waals surface area contributed by atoms with Gasteiger partial charge >= 0.3 is 0 Å². The number of hydrogen-bond acceptors (Lipinski definition) is 2. The highest BCUT2D eigenvalue weighted by atomic mass is 15.1. The van der Waals surface area contributed by atoms with Crippen LogP contribution in [0.2, 0.25) is 0 Å². The molecule has 0 spiro atoms. The summed E-state index contributed by atoms with van der Waals surface area (Å²) in [5.74, 6) is 3.64. The number of rotatable bonds is 3. The lowest BCUT2D eigenvalue weighted by molar-refractivity contribution is 0.166. The van der Waals surface area contributed by atoms with Crippen molar-refractivity contribution in [3.05, 3.63) is 0 Å². The molecule has 1 atom stereocenters. The third-order valence-corrected chi connectivity index (χ3v) is 2.93. The summed E-state index contributed by atoms with van der Waals surface area (Å²) in [5.41, 5.74) is 0. The molecule has 1 saturated heterocycles. The van der Waals surface area contributed by atoms with E-state index in [2.05, 4.69) is 23.1 Å². The summed E-state index contributed by atoms with van der Waals surface area (Å²) in [6.45, 7) is 5.59. The van der Waals surface area contributed by atoms with E-state index in [1.54, 1.807) is 0 Å². The van der Waals surface area contributed by atoms with Gasteiger partial charge in [0.15, 0.2) is 0 Å². The first-order valence-electron chi connectivity index (χ1n) is 5.12. The Labute approximate surface area is 81.7 Å². The van der Waals surface area contributed by atoms with Gasteiger partial charge in [-0.2, -0.15) is 0 Å². The van der Waals surface area contributed by atoms with E-state index in [4.69, 9.17) is 6.42 Å². The van der Waals surface area contributed by atoms with E-state index in [9.17, 15) is 0 Å². The molecular formula is C11H20N2. The fraction of sp³-hybridized carbons (Fsp3) is 0.818. The lowest BCUT2D eigenvalue weighted by Gasteiger charge is -2.33. The van der Waals surface area contributed by atoms with Crippen LogP contribution >= 0.6 is 0 Å². The number of hydrogen-bond donors (Lipinski definition) is 1. The average molecular weight is 180 g/mol. The molecule has 2 heteroatoms. The van der Waals surface area contributed by atoms with Crippen LogP contribution in [0.3, 0.4) is 0 Å². The zero-order chi connectivity index (χ0) is 9.68. The predicted octanol–water partition coefficient (Wildman–Crippen LogP) is 0.940. The molecule has 0 aromatic rings. The molecule has 1 heterocycles. The van der Waals surface area contributed by atoms with Crippen LogP contribution < -0.4 is 5.32 Å². The van der Waals surface area contributed by atoms with Crippen LogP contribution in [-0.2, 0) is 0 Å². The SMILES string of the molecule is C#CC(C)N1CCC(CNC)CC1. The number of nitrogens with zero attached hydrogens (tertiary/aromatic N) is 1. The highest BCUT2D eigenvalue weighted by Gasteiger charge is 2.20. The van der Waals surface area contributed by atoms with Gasteiger partial charge < -0.3 is 5.32 Å². The molecule has 0 aliphatic carbocycles. The molecule has 2 nitrogen and oxygen atoms in total. The zero-order valence-electron chi connectivity index (χ0n) is 8.71. The van der Waals surface area contributed by atoms with Gasteiger partial charge in [-0.1, -0.05) is 5.92 Å². The second kappa shape index (κ2) is 5.26. The first-order valence-corrected chi connectivity index (χ1v) is 5.12. The van der Waals surface area contributed by atoms with E-state index < -0.39 is 0 Å². The summed E-state index contributed by atoms with van der Waals surface area (Å²) in [7, 11) is 2.02. The first kappa shape index (κ1) is 10.6. The van der Waals surface area contributed by atoms with Gasteiger partial charge in [-0.25, -0.2) is 0 Å². The molecule has 1 aliphatic rings. The maximum absolute atomic E-state index is 5.39. The first-order chi connectivity index (χ1) is 6.27. The minimum atomic E-state index is 0.315. The van der Waals surface area contributed by atoms with Crippen LogP contribution in [0.4, 0.5) is 0 Å². The van der Waals surface area contributed by atoms with Crippen molar-refractivity contribution in [1.82, 2.24) is 10.2 Å². The van der Waals surface area contributed by atoms with E-state index in [1.807, 2.05) is 7.05 Å². The maximum Gasteiger partial charge on any atom is 0.0683 e. The quantitative estimate of drug-likeness (QED) is 0.650. The molecule has 0 amide bonds. The molecule has 1 N–H and O–H groups in total. The molecule has 1 unspecified atom stereocenters. The molecule has 0 radical (unpaired) electrons. The van der Waals surface area contributed by atoms with Gasteiger partial charge in [0.1, 0.15) is 0 Å². The summed E-state index contributed by atoms with van der Waals surface area (Å²) >= 11 is 0. The second-order valence-electron chi connectivity index (χ2n) is 3.88. The molecule has 1 fully saturated rings. The standard InChI is InChI=1S/C11H20N2/c1-4-10(2)13-7-5-11(6-8-13)9-12-3/h1,10-12H,5-9H2,2-3H3. The van der Waals surface area contributed by atoms with Crippen molar-refractivity contribution >= 4 is 0 Å². The van der Waals surface area contributed by atoms with Gasteiger partial charge in [-0.15, -0.1) is 6.42 Å². The van der Waals surface area contributed by atoms with Crippen LogP contribution in [0.25, 0.3) is 0 Å². The van der Waals surface area contributed by atoms with Gasteiger partial charge in [-0.05, 0) is 52.4 Å². The molecule has 74 valence electrons. The van der Waals surface area contributed by atoms with Crippen molar-refractivity contribution in [2.24, 2.45) is 5.92 Å². The van der Waals surface area contributed by atoms with Gasteiger partial charge in [-0.3, -0.25) is 4.90 Å². The summed E-state index contributed by atoms with van der Waals surface area (Å²) in [4.78, 5) is 2.40. The minimum Gasteiger partial charge on any atom is -0.319 e. The minimum absolute atomic E-state index is 0.315. The molecule has 0 aromatic carbocycles. The second-order valence-corrected chi connectivity index (χ2v) is 3.88. The van der Waals surface area contributed by atoms with Crippen molar-refractivity contribution in [2.75, 3.05) is 26.7 Å². The largest absolute Gasteiger partial charge is 0.319 e. The van der Waals surface area contributed by atoms with E-state index >= 15 is 0 Å². The lowest BCUT2D eigenvalue weighted by atomic mass is 9.96. The fourth-order valence-corrected chi connectivity index (χ4v) is 1.94. The monoisotopic (exact) mass is 180 g/mol. The summed E-state index contributed by atoms with van der Waals surface area (Å²) in [5, 5.41) is 3.24. The number of piperidine rings is 1. The van der Waals surface area contributed by atoms with Crippen molar-refractivity contribution in [3.8, 4) is 12.3 Å². The van der Waals surface area contributed by atoms with Crippen LogP contribution in [-0.4, -0.2) is 37.6 Å². The molecule has 13 heavy (non-hydrogen) atoms. The molecule has 0 bridgehead atoms. The third kappa shape index (κ3) is 3.02. The number of likely N-dealkylation sites (tertiary alicyclic amines) is 1. The fourth-order valence-electron chi connectivity index (χ4n) is 1.94. The highest BCUT2D eigenvalue weighted by Crippen LogP contribution is 2.17. The Bertz CT molecular complexity index is 175. The average Bonchev–Trinajstić information content (AvgIpc) is 2.18. The van der Waals surface area contributed by atoms with Crippen molar-refractivity contribution in [2.45, 2.75) is 25.8 Å². The van der Waals surface area contributed by atoms with Gasteiger partial charge in [0.2, 0.25) is 0 Å². The predicted molar refractivity (Wildman–Crippen MR) is 56.5 cm³/mol. The van der Waals surface area contributed by atoms with Crippen LogP contribution in [0.1, 0.15) is 19.8 Å². The van der Waals surface area contributed by atoms with Crippen molar-refractivity contribution < 1.29 is 0 Å². The lowest BCUT2D eigenvalue weighted by Crippen LogP contribution is -2.41. The van der Waals surface area contributed by atoms with E-state index in [0.717, 1.165) is 25.6 Å². The summed E-state index contributed by atoms with van der Waals surface area (Å²) < 4.78 is 0. The van der Waals surface area contributed by atoms with E-state index in [-0.39, 0.29) is 0 Å². The molecule has 1 aliphatic heterocycles. The highest BCUT2D eigenvalue weighted by molar-refractivity contribution is 4.98. The van der Waals surface area contributed by atoms with Gasteiger partial charge in [0, 0.05) is 0 Å². The van der Waals surface area contributed by atoms with E-state index in [1.165, 1.54) is 12.8 Å². The number of terminal acetylenes is 1. The molecular weight excluding hydrogens is 160 g/mol. The van der Waals surface area contributed by atoms with Gasteiger partial charge in [0.25, 0.3) is 0 Å². The topological polar surface area (TPSA) is 15.3 Å². The smallest absolute Gasteiger partial charge is 0.0683 e. The Balaban J connectivity index is 2.27. The summed E-state index contributed by atoms with van der Waals surface area (Å²) in [6, 6.07) is 0.315. The third-order valence-electron chi connectivity index (χ3n) is 2.93. The zero-order valence-corrected chi connectivity index (χ0v) is 8.71. The Kier molecular flexibility index (Phi) is 4.27. The molecule has 0 saturated carbocycles. The normalized spacial score (nSPS) is 22.5. The van der Waals surface area contributed by atoms with E-state index in [0.29, 0.717) is 6.04 Å². The van der Waals surface area contributed by atoms with Gasteiger partial charge in [0.05, 0.1) is 6.04 Å². The van der Waals surface area contributed by atoms with Crippen LogP contribution in [0, 0.1) is 18.3 Å². The Hall–Kier alpha value is -0.520. The number of nitrogens with one attached hydrogen (secondary N) is 1. The summed E-state index contributed by atoms with van der Waals surface area (Å²) in [6.07, 6.45) is 7.96. The van der Waals surface area contributed by atoms with Crippen molar-refractivity contribution in [1.29, 1.82) is 0 Å². The molecule has 0 aromatic heterocycles. The maximum atomic E-state index is 5.39. The van der Waals surface area contributed by atoms with Crippen LogP contribution in [0.5, 0.6) is 0 Å². The Morgan fingerprint density at radius 3 is 2.62 bits per heavy atom. The Morgan fingerprint density at radius 2 is 2.15 bits per heavy atom. The molecule has 1 rings (SSSR count).